The Kier molecular flexibility index (Phi) is 4.98. The quantitative estimate of drug-likeness (QED) is 0.801. The lowest BCUT2D eigenvalue weighted by Gasteiger charge is -2.17. The van der Waals surface area contributed by atoms with Gasteiger partial charge in [0.2, 0.25) is 5.91 Å². The van der Waals surface area contributed by atoms with Gasteiger partial charge >= 0.3 is 5.97 Å². The molecule has 1 fully saturated rings. The number of nitrogens with one attached hydrogen (secondary N) is 2. The zero-order valence-corrected chi connectivity index (χ0v) is 11.7. The highest BCUT2D eigenvalue weighted by atomic mass is 35.5. The van der Waals surface area contributed by atoms with Crippen LogP contribution >= 0.6 is 11.6 Å². The van der Waals surface area contributed by atoms with E-state index >= 15 is 0 Å². The second kappa shape index (κ2) is 6.72. The lowest BCUT2D eigenvalue weighted by molar-refractivity contribution is -0.118. The summed E-state index contributed by atoms with van der Waals surface area (Å²) in [5.74, 6) is -1.36. The molecule has 0 spiro atoms. The van der Waals surface area contributed by atoms with Crippen molar-refractivity contribution in [1.82, 2.24) is 5.32 Å². The molecule has 1 saturated heterocycles. The molecule has 1 aromatic rings. The van der Waals surface area contributed by atoms with Gasteiger partial charge in [-0.3, -0.25) is 4.79 Å². The Bertz CT molecular complexity index is 511. The van der Waals surface area contributed by atoms with Crippen LogP contribution in [0.5, 0.6) is 0 Å². The average molecular weight is 297 g/mol. The van der Waals surface area contributed by atoms with E-state index in [-0.39, 0.29) is 28.2 Å². The van der Waals surface area contributed by atoms with Gasteiger partial charge < -0.3 is 15.7 Å². The van der Waals surface area contributed by atoms with E-state index in [1.807, 2.05) is 0 Å². The molecule has 5 nitrogen and oxygen atoms in total. The van der Waals surface area contributed by atoms with Gasteiger partial charge in [0.15, 0.2) is 0 Å². The van der Waals surface area contributed by atoms with E-state index < -0.39 is 5.97 Å². The molecule has 1 amide bonds. The third-order valence-electron chi connectivity index (χ3n) is 3.36. The summed E-state index contributed by atoms with van der Waals surface area (Å²) >= 11 is 5.87. The minimum Gasteiger partial charge on any atom is -0.478 e. The topological polar surface area (TPSA) is 78.4 Å². The highest BCUT2D eigenvalue weighted by Crippen LogP contribution is 2.24. The zero-order valence-electron chi connectivity index (χ0n) is 11.0. The van der Waals surface area contributed by atoms with E-state index in [0.29, 0.717) is 0 Å². The number of hydrogen-bond acceptors (Lipinski definition) is 3. The maximum Gasteiger partial charge on any atom is 0.339 e. The second-order valence-electron chi connectivity index (χ2n) is 4.81. The summed E-state index contributed by atoms with van der Waals surface area (Å²) in [6, 6.07) is 4.37. The third-order valence-corrected chi connectivity index (χ3v) is 3.68. The van der Waals surface area contributed by atoms with Gasteiger partial charge in [0.1, 0.15) is 5.56 Å². The van der Waals surface area contributed by atoms with Crippen molar-refractivity contribution < 1.29 is 14.7 Å². The Labute approximate surface area is 122 Å². The summed E-state index contributed by atoms with van der Waals surface area (Å²) in [5, 5.41) is 15.1. The van der Waals surface area contributed by atoms with Gasteiger partial charge in [-0.15, -0.1) is 0 Å². The predicted octanol–water partition coefficient (Wildman–Crippen LogP) is 2.51. The van der Waals surface area contributed by atoms with Crippen molar-refractivity contribution in [3.63, 3.8) is 0 Å². The zero-order chi connectivity index (χ0) is 14.5. The molecule has 108 valence electrons. The molecule has 1 unspecified atom stereocenters. The van der Waals surface area contributed by atoms with E-state index in [4.69, 9.17) is 16.7 Å². The number of rotatable bonds is 3. The van der Waals surface area contributed by atoms with Crippen LogP contribution in [0.15, 0.2) is 18.2 Å². The molecule has 1 aliphatic rings. The summed E-state index contributed by atoms with van der Waals surface area (Å²) in [6.07, 6.45) is 3.91. The van der Waals surface area contributed by atoms with Gasteiger partial charge in [-0.25, -0.2) is 4.79 Å². The molecule has 20 heavy (non-hydrogen) atoms. The van der Waals surface area contributed by atoms with Gasteiger partial charge in [-0.05, 0) is 31.5 Å². The summed E-state index contributed by atoms with van der Waals surface area (Å²) < 4.78 is 0. The first kappa shape index (κ1) is 14.8. The molecule has 1 aliphatic heterocycles. The van der Waals surface area contributed by atoms with Gasteiger partial charge in [0.05, 0.1) is 16.8 Å². The molecule has 3 N–H and O–H groups in total. The van der Waals surface area contributed by atoms with Gasteiger partial charge in [-0.2, -0.15) is 0 Å². The largest absolute Gasteiger partial charge is 0.478 e. The van der Waals surface area contributed by atoms with Crippen molar-refractivity contribution in [3.8, 4) is 0 Å². The number of anilines is 1. The molecule has 1 atom stereocenters. The average Bonchev–Trinajstić information content (AvgIpc) is 2.67. The molecule has 1 aromatic carbocycles. The number of benzene rings is 1. The van der Waals surface area contributed by atoms with E-state index in [1.165, 1.54) is 6.07 Å². The fourth-order valence-corrected chi connectivity index (χ4v) is 2.57. The van der Waals surface area contributed by atoms with Crippen molar-refractivity contribution in [2.24, 2.45) is 0 Å². The first-order chi connectivity index (χ1) is 9.59. The number of aromatic carboxylic acids is 1. The fourth-order valence-electron chi connectivity index (χ4n) is 2.32. The van der Waals surface area contributed by atoms with Crippen molar-refractivity contribution in [3.05, 3.63) is 28.8 Å². The molecular formula is C14H17ClN2O3. The van der Waals surface area contributed by atoms with Crippen LogP contribution in [0, 0.1) is 0 Å². The number of carboxylic acids is 1. The van der Waals surface area contributed by atoms with Crippen LogP contribution in [0.25, 0.3) is 0 Å². The Morgan fingerprint density at radius 3 is 2.85 bits per heavy atom. The lowest BCUT2D eigenvalue weighted by atomic mass is 10.1. The number of amides is 1. The number of halogens is 1. The monoisotopic (exact) mass is 296 g/mol. The minimum atomic E-state index is -1.15. The first-order valence-corrected chi connectivity index (χ1v) is 7.03. The maximum atomic E-state index is 12.2. The maximum absolute atomic E-state index is 12.2. The number of hydrogen-bond donors (Lipinski definition) is 3. The summed E-state index contributed by atoms with van der Waals surface area (Å²) in [7, 11) is 0. The van der Waals surface area contributed by atoms with Crippen molar-refractivity contribution in [2.75, 3.05) is 11.9 Å². The number of carbonyl (C=O) groups excluding carboxylic acids is 1. The van der Waals surface area contributed by atoms with E-state index in [0.717, 1.165) is 32.2 Å². The van der Waals surface area contributed by atoms with Gasteiger partial charge in [-0.1, -0.05) is 30.5 Å². The highest BCUT2D eigenvalue weighted by molar-refractivity contribution is 6.34. The van der Waals surface area contributed by atoms with Crippen LogP contribution in [-0.2, 0) is 4.79 Å². The van der Waals surface area contributed by atoms with Crippen LogP contribution in [-0.4, -0.2) is 29.6 Å². The van der Waals surface area contributed by atoms with Crippen molar-refractivity contribution in [2.45, 2.75) is 31.7 Å². The standard InChI is InChI=1S/C14H17ClN2O3/c15-9-5-4-7-10(12(9)14(19)20)17-13(18)11-6-2-1-3-8-16-11/h4-5,7,11,16H,1-3,6,8H2,(H,17,18)(H,19,20). The van der Waals surface area contributed by atoms with Gasteiger partial charge in [0.25, 0.3) is 0 Å². The Morgan fingerprint density at radius 2 is 2.10 bits per heavy atom. The molecule has 0 bridgehead atoms. The predicted molar refractivity (Wildman–Crippen MR) is 77.3 cm³/mol. The van der Waals surface area contributed by atoms with Gasteiger partial charge in [0, 0.05) is 0 Å². The minimum absolute atomic E-state index is 0.0730. The van der Waals surface area contributed by atoms with Crippen LogP contribution in [0.1, 0.15) is 36.0 Å². The van der Waals surface area contributed by atoms with Crippen molar-refractivity contribution in [1.29, 1.82) is 0 Å². The van der Waals surface area contributed by atoms with Crippen LogP contribution in [0.2, 0.25) is 5.02 Å². The van der Waals surface area contributed by atoms with E-state index in [9.17, 15) is 9.59 Å². The van der Waals surface area contributed by atoms with Crippen LogP contribution in [0.3, 0.4) is 0 Å². The van der Waals surface area contributed by atoms with Crippen LogP contribution < -0.4 is 10.6 Å². The van der Waals surface area contributed by atoms with Crippen molar-refractivity contribution >= 4 is 29.2 Å². The summed E-state index contributed by atoms with van der Waals surface area (Å²) in [5.41, 5.74) is 0.164. The smallest absolute Gasteiger partial charge is 0.339 e. The number of carbonyl (C=O) groups is 2. The Balaban J connectivity index is 2.15. The molecule has 0 radical (unpaired) electrons. The normalized spacial score (nSPS) is 19.1. The van der Waals surface area contributed by atoms with E-state index in [1.54, 1.807) is 12.1 Å². The third kappa shape index (κ3) is 3.49. The van der Waals surface area contributed by atoms with Crippen LogP contribution in [0.4, 0.5) is 5.69 Å². The second-order valence-corrected chi connectivity index (χ2v) is 5.22. The molecule has 0 saturated carbocycles. The first-order valence-electron chi connectivity index (χ1n) is 6.65. The number of carboxylic acid groups (broad SMARTS) is 1. The Morgan fingerprint density at radius 1 is 1.30 bits per heavy atom. The SMILES string of the molecule is O=C(O)c1c(Cl)cccc1NC(=O)C1CCCCCN1. The molecule has 1 heterocycles. The lowest BCUT2D eigenvalue weighted by Crippen LogP contribution is -2.40. The Hall–Kier alpha value is -1.59. The fraction of sp³-hybridized carbons (Fsp3) is 0.429. The highest BCUT2D eigenvalue weighted by Gasteiger charge is 2.22. The van der Waals surface area contributed by atoms with E-state index in [2.05, 4.69) is 10.6 Å². The molecule has 0 aliphatic carbocycles. The molecule has 2 rings (SSSR count). The molecular weight excluding hydrogens is 280 g/mol. The molecule has 6 heteroatoms. The molecule has 0 aromatic heterocycles. The summed E-state index contributed by atoms with van der Waals surface area (Å²) in [4.78, 5) is 23.4. The summed E-state index contributed by atoms with van der Waals surface area (Å²) in [6.45, 7) is 0.805.